The van der Waals surface area contributed by atoms with E-state index >= 15 is 0 Å². The second kappa shape index (κ2) is 9.21. The standard InChI is InChI=1S/C16H25N3.HI/c1-13(8-9-14-6-4-3-5-7-14)19-16(17-2)18-12-15-10-11-15;/h3-7,13,15H,8-12H2,1-2H3,(H2,17,18,19);1H. The van der Waals surface area contributed by atoms with Crippen LogP contribution in [0.2, 0.25) is 0 Å². The SMILES string of the molecule is CN=C(NCC1CC1)NC(C)CCc1ccccc1.I. The highest BCUT2D eigenvalue weighted by Gasteiger charge is 2.21. The lowest BCUT2D eigenvalue weighted by molar-refractivity contribution is 0.590. The van der Waals surface area contributed by atoms with Gasteiger partial charge in [0.1, 0.15) is 0 Å². The van der Waals surface area contributed by atoms with Gasteiger partial charge in [0, 0.05) is 19.6 Å². The Bertz CT molecular complexity index is 401. The Hall–Kier alpha value is -0.780. The Kier molecular flexibility index (Phi) is 7.95. The molecule has 20 heavy (non-hydrogen) atoms. The Morgan fingerprint density at radius 2 is 2.00 bits per heavy atom. The van der Waals surface area contributed by atoms with Gasteiger partial charge in [-0.1, -0.05) is 30.3 Å². The van der Waals surface area contributed by atoms with Gasteiger partial charge < -0.3 is 10.6 Å². The molecule has 0 radical (unpaired) electrons. The molecule has 0 amide bonds. The van der Waals surface area contributed by atoms with Crippen LogP contribution >= 0.6 is 24.0 Å². The quantitative estimate of drug-likeness (QED) is 0.447. The molecular weight excluding hydrogens is 361 g/mol. The van der Waals surface area contributed by atoms with Crippen LogP contribution in [-0.2, 0) is 6.42 Å². The summed E-state index contributed by atoms with van der Waals surface area (Å²) >= 11 is 0. The molecule has 2 rings (SSSR count). The van der Waals surface area contributed by atoms with E-state index in [-0.39, 0.29) is 24.0 Å². The second-order valence-corrected chi connectivity index (χ2v) is 5.47. The van der Waals surface area contributed by atoms with Crippen molar-refractivity contribution in [2.75, 3.05) is 13.6 Å². The van der Waals surface area contributed by atoms with Crippen LogP contribution in [-0.4, -0.2) is 25.6 Å². The number of hydrogen-bond acceptors (Lipinski definition) is 1. The van der Waals surface area contributed by atoms with Crippen molar-refractivity contribution in [1.82, 2.24) is 10.6 Å². The number of hydrogen-bond donors (Lipinski definition) is 2. The third-order valence-corrected chi connectivity index (χ3v) is 3.57. The van der Waals surface area contributed by atoms with Gasteiger partial charge >= 0.3 is 0 Å². The fourth-order valence-corrected chi connectivity index (χ4v) is 2.09. The summed E-state index contributed by atoms with van der Waals surface area (Å²) in [6.07, 6.45) is 4.96. The highest BCUT2D eigenvalue weighted by Crippen LogP contribution is 2.27. The predicted molar refractivity (Wildman–Crippen MR) is 96.9 cm³/mol. The molecular formula is C16H26IN3. The zero-order valence-corrected chi connectivity index (χ0v) is 14.8. The van der Waals surface area contributed by atoms with E-state index in [4.69, 9.17) is 0 Å². The van der Waals surface area contributed by atoms with Crippen LogP contribution in [0.3, 0.4) is 0 Å². The Balaban J connectivity index is 0.00000200. The Morgan fingerprint density at radius 1 is 1.30 bits per heavy atom. The fourth-order valence-electron chi connectivity index (χ4n) is 2.09. The van der Waals surface area contributed by atoms with E-state index in [1.54, 1.807) is 0 Å². The molecule has 0 spiro atoms. The number of rotatable bonds is 6. The van der Waals surface area contributed by atoms with Gasteiger partial charge in [-0.15, -0.1) is 24.0 Å². The molecule has 1 aromatic rings. The number of aliphatic imine (C=N–C) groups is 1. The molecule has 3 nitrogen and oxygen atoms in total. The maximum atomic E-state index is 4.28. The van der Waals surface area contributed by atoms with E-state index in [0.717, 1.165) is 31.3 Å². The van der Waals surface area contributed by atoms with Gasteiger partial charge in [0.25, 0.3) is 0 Å². The number of halogens is 1. The van der Waals surface area contributed by atoms with Crippen LogP contribution in [0.15, 0.2) is 35.3 Å². The van der Waals surface area contributed by atoms with Crippen molar-refractivity contribution in [2.24, 2.45) is 10.9 Å². The zero-order chi connectivity index (χ0) is 13.5. The Labute approximate surface area is 139 Å². The van der Waals surface area contributed by atoms with Crippen molar-refractivity contribution in [3.8, 4) is 0 Å². The first kappa shape index (κ1) is 17.3. The van der Waals surface area contributed by atoms with Gasteiger partial charge in [0.15, 0.2) is 5.96 Å². The molecule has 1 atom stereocenters. The summed E-state index contributed by atoms with van der Waals surface area (Å²) in [5.41, 5.74) is 1.40. The maximum absolute atomic E-state index is 4.28. The number of nitrogens with one attached hydrogen (secondary N) is 2. The van der Waals surface area contributed by atoms with Crippen LogP contribution in [0, 0.1) is 5.92 Å². The van der Waals surface area contributed by atoms with Crippen molar-refractivity contribution < 1.29 is 0 Å². The van der Waals surface area contributed by atoms with Gasteiger partial charge in [-0.3, -0.25) is 4.99 Å². The highest BCUT2D eigenvalue weighted by molar-refractivity contribution is 14.0. The lowest BCUT2D eigenvalue weighted by Gasteiger charge is -2.17. The molecule has 1 unspecified atom stereocenters. The lowest BCUT2D eigenvalue weighted by Crippen LogP contribution is -2.43. The Morgan fingerprint density at radius 3 is 2.60 bits per heavy atom. The third-order valence-electron chi connectivity index (χ3n) is 3.57. The van der Waals surface area contributed by atoms with Crippen molar-refractivity contribution in [1.29, 1.82) is 0 Å². The summed E-state index contributed by atoms with van der Waals surface area (Å²) < 4.78 is 0. The molecule has 0 saturated heterocycles. The average Bonchev–Trinajstić information content (AvgIpc) is 3.26. The summed E-state index contributed by atoms with van der Waals surface area (Å²) in [7, 11) is 1.84. The van der Waals surface area contributed by atoms with Gasteiger partial charge in [0.05, 0.1) is 0 Å². The smallest absolute Gasteiger partial charge is 0.191 e. The molecule has 1 aromatic carbocycles. The minimum absolute atomic E-state index is 0. The van der Waals surface area contributed by atoms with E-state index in [0.29, 0.717) is 6.04 Å². The largest absolute Gasteiger partial charge is 0.356 e. The maximum Gasteiger partial charge on any atom is 0.191 e. The molecule has 0 aliphatic heterocycles. The first-order chi connectivity index (χ1) is 9.28. The van der Waals surface area contributed by atoms with Gasteiger partial charge in [0.2, 0.25) is 0 Å². The number of nitrogens with zero attached hydrogens (tertiary/aromatic N) is 1. The lowest BCUT2D eigenvalue weighted by atomic mass is 10.1. The van der Waals surface area contributed by atoms with Crippen LogP contribution in [0.5, 0.6) is 0 Å². The van der Waals surface area contributed by atoms with Crippen molar-refractivity contribution in [3.05, 3.63) is 35.9 Å². The minimum atomic E-state index is 0. The van der Waals surface area contributed by atoms with Crippen molar-refractivity contribution >= 4 is 29.9 Å². The summed E-state index contributed by atoms with van der Waals surface area (Å²) in [5.74, 6) is 1.81. The molecule has 112 valence electrons. The zero-order valence-electron chi connectivity index (χ0n) is 12.4. The average molecular weight is 387 g/mol. The molecule has 1 aliphatic rings. The van der Waals surface area contributed by atoms with Crippen LogP contribution in [0.4, 0.5) is 0 Å². The minimum Gasteiger partial charge on any atom is -0.356 e. The normalized spacial score (nSPS) is 16.2. The van der Waals surface area contributed by atoms with Gasteiger partial charge in [-0.05, 0) is 44.1 Å². The third kappa shape index (κ3) is 6.59. The molecule has 1 fully saturated rings. The van der Waals surface area contributed by atoms with E-state index in [9.17, 15) is 0 Å². The molecule has 4 heteroatoms. The summed E-state index contributed by atoms with van der Waals surface area (Å²) in [4.78, 5) is 4.28. The van der Waals surface area contributed by atoms with Gasteiger partial charge in [-0.2, -0.15) is 0 Å². The molecule has 0 heterocycles. The predicted octanol–water partition coefficient (Wildman–Crippen LogP) is 3.20. The van der Waals surface area contributed by atoms with Crippen LogP contribution in [0.25, 0.3) is 0 Å². The van der Waals surface area contributed by atoms with Gasteiger partial charge in [-0.25, -0.2) is 0 Å². The molecule has 0 bridgehead atoms. The van der Waals surface area contributed by atoms with Crippen molar-refractivity contribution in [2.45, 2.75) is 38.6 Å². The number of benzene rings is 1. The van der Waals surface area contributed by atoms with E-state index < -0.39 is 0 Å². The number of aryl methyl sites for hydroxylation is 1. The fraction of sp³-hybridized carbons (Fsp3) is 0.562. The topological polar surface area (TPSA) is 36.4 Å². The van der Waals surface area contributed by atoms with Crippen molar-refractivity contribution in [3.63, 3.8) is 0 Å². The highest BCUT2D eigenvalue weighted by atomic mass is 127. The second-order valence-electron chi connectivity index (χ2n) is 5.47. The molecule has 2 N–H and O–H groups in total. The van der Waals surface area contributed by atoms with E-state index in [1.807, 2.05) is 7.05 Å². The summed E-state index contributed by atoms with van der Waals surface area (Å²) in [5, 5.41) is 6.86. The molecule has 1 aliphatic carbocycles. The van der Waals surface area contributed by atoms with E-state index in [2.05, 4.69) is 52.9 Å². The summed E-state index contributed by atoms with van der Waals surface area (Å²) in [6.45, 7) is 3.28. The molecule has 0 aromatic heterocycles. The van der Waals surface area contributed by atoms with Crippen LogP contribution < -0.4 is 10.6 Å². The summed E-state index contributed by atoms with van der Waals surface area (Å²) in [6, 6.07) is 11.1. The first-order valence-electron chi connectivity index (χ1n) is 7.29. The number of guanidine groups is 1. The van der Waals surface area contributed by atoms with E-state index in [1.165, 1.54) is 18.4 Å². The first-order valence-corrected chi connectivity index (χ1v) is 7.29. The monoisotopic (exact) mass is 387 g/mol. The van der Waals surface area contributed by atoms with Crippen LogP contribution in [0.1, 0.15) is 31.7 Å². The molecule has 1 saturated carbocycles.